The van der Waals surface area contributed by atoms with Crippen molar-refractivity contribution in [1.29, 1.82) is 0 Å². The summed E-state index contributed by atoms with van der Waals surface area (Å²) in [6.45, 7) is 4.68. The van der Waals surface area contributed by atoms with Crippen LogP contribution in [0.15, 0.2) is 24.3 Å². The van der Waals surface area contributed by atoms with Crippen LogP contribution in [0.3, 0.4) is 0 Å². The van der Waals surface area contributed by atoms with Gasteiger partial charge in [-0.15, -0.1) is 0 Å². The molecule has 0 aliphatic carbocycles. The van der Waals surface area contributed by atoms with Crippen molar-refractivity contribution in [2.45, 2.75) is 19.9 Å². The molecule has 0 saturated carbocycles. The molecule has 0 spiro atoms. The van der Waals surface area contributed by atoms with E-state index in [1.54, 1.807) is 31.2 Å². The molecule has 0 heterocycles. The van der Waals surface area contributed by atoms with Gasteiger partial charge in [-0.05, 0) is 31.2 Å². The van der Waals surface area contributed by atoms with Crippen molar-refractivity contribution >= 4 is 5.97 Å². The van der Waals surface area contributed by atoms with Gasteiger partial charge in [0.15, 0.2) is 0 Å². The number of rotatable bonds is 5. The molecule has 4 heteroatoms. The molecule has 1 aromatic rings. The van der Waals surface area contributed by atoms with Crippen molar-refractivity contribution in [2.75, 3.05) is 13.2 Å². The second-order valence-electron chi connectivity index (χ2n) is 3.34. The number of hydrogen-bond acceptors (Lipinski definition) is 4. The van der Waals surface area contributed by atoms with Crippen LogP contribution in [0.5, 0.6) is 5.75 Å². The fraction of sp³-hybridized carbons (Fsp3) is 0.417. The van der Waals surface area contributed by atoms with Gasteiger partial charge < -0.3 is 15.2 Å². The lowest BCUT2D eigenvalue weighted by Gasteiger charge is -2.16. The van der Waals surface area contributed by atoms with Crippen LogP contribution in [0, 0.1) is 0 Å². The van der Waals surface area contributed by atoms with E-state index in [0.29, 0.717) is 18.7 Å². The Morgan fingerprint density at radius 2 is 2.25 bits per heavy atom. The molecule has 88 valence electrons. The summed E-state index contributed by atoms with van der Waals surface area (Å²) in [7, 11) is 0. The Balaban J connectivity index is 2.88. The van der Waals surface area contributed by atoms with Gasteiger partial charge in [-0.3, -0.25) is 0 Å². The van der Waals surface area contributed by atoms with Gasteiger partial charge in [0.1, 0.15) is 11.8 Å². The number of phenolic OH excluding ortho intramolecular Hbond substituents is 1. The number of aromatic hydroxyl groups is 1. The molecule has 1 rings (SSSR count). The SMILES string of the molecule is CCNC(C(=O)OCC)c1cccc(O)c1. The van der Waals surface area contributed by atoms with E-state index in [2.05, 4.69) is 5.32 Å². The number of phenols is 1. The zero-order valence-electron chi connectivity index (χ0n) is 9.56. The Hall–Kier alpha value is -1.55. The highest BCUT2D eigenvalue weighted by molar-refractivity contribution is 5.77. The Morgan fingerprint density at radius 3 is 2.81 bits per heavy atom. The Kier molecular flexibility index (Phi) is 4.79. The normalized spacial score (nSPS) is 12.1. The molecule has 4 nitrogen and oxygen atoms in total. The van der Waals surface area contributed by atoms with Crippen LogP contribution in [0.1, 0.15) is 25.5 Å². The first-order valence-electron chi connectivity index (χ1n) is 5.38. The minimum atomic E-state index is -0.517. The van der Waals surface area contributed by atoms with E-state index < -0.39 is 6.04 Å². The topological polar surface area (TPSA) is 58.6 Å². The molecule has 1 unspecified atom stereocenters. The maximum atomic E-state index is 11.7. The largest absolute Gasteiger partial charge is 0.508 e. The lowest BCUT2D eigenvalue weighted by molar-refractivity contribution is -0.145. The van der Waals surface area contributed by atoms with Crippen LogP contribution < -0.4 is 5.32 Å². The number of likely N-dealkylation sites (N-methyl/N-ethyl adjacent to an activating group) is 1. The number of carbonyl (C=O) groups excluding carboxylic acids is 1. The van der Waals surface area contributed by atoms with Gasteiger partial charge in [-0.25, -0.2) is 4.79 Å². The Bertz CT molecular complexity index is 352. The maximum absolute atomic E-state index is 11.7. The van der Waals surface area contributed by atoms with Gasteiger partial charge in [-0.2, -0.15) is 0 Å². The predicted molar refractivity (Wildman–Crippen MR) is 61.2 cm³/mol. The summed E-state index contributed by atoms with van der Waals surface area (Å²) in [4.78, 5) is 11.7. The average Bonchev–Trinajstić information content (AvgIpc) is 2.26. The van der Waals surface area contributed by atoms with E-state index in [-0.39, 0.29) is 11.7 Å². The molecule has 0 amide bonds. The fourth-order valence-electron chi connectivity index (χ4n) is 1.47. The number of carbonyl (C=O) groups is 1. The number of esters is 1. The van der Waals surface area contributed by atoms with Gasteiger partial charge in [0.2, 0.25) is 0 Å². The first-order chi connectivity index (χ1) is 7.69. The van der Waals surface area contributed by atoms with E-state index in [1.165, 1.54) is 0 Å². The zero-order chi connectivity index (χ0) is 12.0. The van der Waals surface area contributed by atoms with Gasteiger partial charge in [0.25, 0.3) is 0 Å². The molecule has 0 radical (unpaired) electrons. The van der Waals surface area contributed by atoms with Crippen LogP contribution in [0.4, 0.5) is 0 Å². The summed E-state index contributed by atoms with van der Waals surface area (Å²) in [5.74, 6) is -0.181. The molecule has 0 aliphatic heterocycles. The van der Waals surface area contributed by atoms with E-state index in [1.807, 2.05) is 6.92 Å². The number of ether oxygens (including phenoxy) is 1. The third-order valence-electron chi connectivity index (χ3n) is 2.13. The molecule has 0 fully saturated rings. The number of benzene rings is 1. The minimum Gasteiger partial charge on any atom is -0.508 e. The van der Waals surface area contributed by atoms with Crippen LogP contribution in [0.2, 0.25) is 0 Å². The van der Waals surface area contributed by atoms with Crippen LogP contribution >= 0.6 is 0 Å². The minimum absolute atomic E-state index is 0.143. The summed E-state index contributed by atoms with van der Waals surface area (Å²) < 4.78 is 4.97. The summed E-state index contributed by atoms with van der Waals surface area (Å²) >= 11 is 0. The summed E-state index contributed by atoms with van der Waals surface area (Å²) in [5, 5.41) is 12.4. The van der Waals surface area contributed by atoms with Gasteiger partial charge in [0.05, 0.1) is 6.61 Å². The summed E-state index contributed by atoms with van der Waals surface area (Å²) in [6.07, 6.45) is 0. The highest BCUT2D eigenvalue weighted by Crippen LogP contribution is 2.19. The first kappa shape index (κ1) is 12.5. The first-order valence-corrected chi connectivity index (χ1v) is 5.38. The predicted octanol–water partition coefficient (Wildman–Crippen LogP) is 1.61. The van der Waals surface area contributed by atoms with Gasteiger partial charge in [-0.1, -0.05) is 19.1 Å². The summed E-state index contributed by atoms with van der Waals surface area (Å²) in [6, 6.07) is 6.09. The van der Waals surface area contributed by atoms with E-state index in [0.717, 1.165) is 0 Å². The van der Waals surface area contributed by atoms with Crippen molar-refractivity contribution in [2.24, 2.45) is 0 Å². The molecule has 0 saturated heterocycles. The van der Waals surface area contributed by atoms with Crippen molar-refractivity contribution in [3.63, 3.8) is 0 Å². The molecule has 1 aromatic carbocycles. The Morgan fingerprint density at radius 1 is 1.50 bits per heavy atom. The van der Waals surface area contributed by atoms with Crippen molar-refractivity contribution in [3.05, 3.63) is 29.8 Å². The molecular formula is C12H17NO3. The molecule has 2 N–H and O–H groups in total. The standard InChI is InChI=1S/C12H17NO3/c1-3-13-11(12(15)16-4-2)9-6-5-7-10(14)8-9/h5-8,11,13-14H,3-4H2,1-2H3. The van der Waals surface area contributed by atoms with Crippen LogP contribution in [-0.4, -0.2) is 24.2 Å². The van der Waals surface area contributed by atoms with E-state index in [9.17, 15) is 9.90 Å². The second-order valence-corrected chi connectivity index (χ2v) is 3.34. The number of hydrogen-bond donors (Lipinski definition) is 2. The molecule has 0 aliphatic rings. The van der Waals surface area contributed by atoms with Crippen LogP contribution in [0.25, 0.3) is 0 Å². The van der Waals surface area contributed by atoms with Gasteiger partial charge in [0, 0.05) is 0 Å². The average molecular weight is 223 g/mol. The van der Waals surface area contributed by atoms with Crippen molar-refractivity contribution in [3.8, 4) is 5.75 Å². The summed E-state index contributed by atoms with van der Waals surface area (Å²) in [5.41, 5.74) is 0.709. The lowest BCUT2D eigenvalue weighted by atomic mass is 10.1. The monoisotopic (exact) mass is 223 g/mol. The van der Waals surface area contributed by atoms with E-state index in [4.69, 9.17) is 4.74 Å². The third kappa shape index (κ3) is 3.24. The zero-order valence-corrected chi connectivity index (χ0v) is 9.56. The highest BCUT2D eigenvalue weighted by atomic mass is 16.5. The van der Waals surface area contributed by atoms with Crippen molar-refractivity contribution < 1.29 is 14.6 Å². The van der Waals surface area contributed by atoms with Crippen molar-refractivity contribution in [1.82, 2.24) is 5.32 Å². The second kappa shape index (κ2) is 6.12. The Labute approximate surface area is 95.2 Å². The van der Waals surface area contributed by atoms with Crippen LogP contribution in [-0.2, 0) is 9.53 Å². The molecule has 0 bridgehead atoms. The molecule has 0 aromatic heterocycles. The van der Waals surface area contributed by atoms with Gasteiger partial charge >= 0.3 is 5.97 Å². The molecule has 1 atom stereocenters. The lowest BCUT2D eigenvalue weighted by Crippen LogP contribution is -2.30. The molecular weight excluding hydrogens is 206 g/mol. The number of nitrogens with one attached hydrogen (secondary N) is 1. The maximum Gasteiger partial charge on any atom is 0.327 e. The van der Waals surface area contributed by atoms with E-state index >= 15 is 0 Å². The highest BCUT2D eigenvalue weighted by Gasteiger charge is 2.20. The fourth-order valence-corrected chi connectivity index (χ4v) is 1.47. The quantitative estimate of drug-likeness (QED) is 0.744. The smallest absolute Gasteiger partial charge is 0.327 e. The third-order valence-corrected chi connectivity index (χ3v) is 2.13. The molecule has 16 heavy (non-hydrogen) atoms.